The molecule has 1 fully saturated rings. The van der Waals surface area contributed by atoms with Gasteiger partial charge in [-0.1, -0.05) is 12.2 Å². The molecule has 3 N–H and O–H groups in total. The summed E-state index contributed by atoms with van der Waals surface area (Å²) in [7, 11) is 0. The number of carbonyl (C=O) groups is 1. The Morgan fingerprint density at radius 1 is 1.40 bits per heavy atom. The molecule has 116 valence electrons. The van der Waals surface area contributed by atoms with Crippen LogP contribution in [0.5, 0.6) is 0 Å². The van der Waals surface area contributed by atoms with Gasteiger partial charge in [0.15, 0.2) is 0 Å². The van der Waals surface area contributed by atoms with Gasteiger partial charge in [0.25, 0.3) is 0 Å². The van der Waals surface area contributed by atoms with Crippen LogP contribution in [0.3, 0.4) is 0 Å². The Balaban J connectivity index is 2.17. The number of nitrogens with zero attached hydrogens (tertiary/aromatic N) is 1. The first-order valence-electron chi connectivity index (χ1n) is 7.57. The first kappa shape index (κ1) is 17.1. The van der Waals surface area contributed by atoms with Crippen LogP contribution >= 0.6 is 0 Å². The van der Waals surface area contributed by atoms with Gasteiger partial charge < -0.3 is 20.7 Å². The summed E-state index contributed by atoms with van der Waals surface area (Å²) < 4.78 is 5.41. The van der Waals surface area contributed by atoms with Crippen molar-refractivity contribution < 1.29 is 9.53 Å². The largest absolute Gasteiger partial charge is 0.376 e. The second kappa shape index (κ2) is 9.91. The minimum absolute atomic E-state index is 0.0397. The standard InChI is InChI=1S/C15H29N3O2/c1-13(2)12-20-9-6-17-14(11-16)10-15(19)18-7-4-3-5-8-18/h14,17H,1,3-12,16H2,2H3. The number of hydrogen-bond acceptors (Lipinski definition) is 4. The smallest absolute Gasteiger partial charge is 0.224 e. The maximum absolute atomic E-state index is 12.1. The van der Waals surface area contributed by atoms with Crippen molar-refractivity contribution in [2.75, 3.05) is 39.4 Å². The minimum atomic E-state index is 0.0397. The van der Waals surface area contributed by atoms with Crippen molar-refractivity contribution in [2.45, 2.75) is 38.6 Å². The maximum atomic E-state index is 12.1. The first-order valence-corrected chi connectivity index (χ1v) is 7.57. The van der Waals surface area contributed by atoms with Crippen LogP contribution in [-0.2, 0) is 9.53 Å². The molecule has 1 amide bonds. The molecule has 0 saturated carbocycles. The van der Waals surface area contributed by atoms with Crippen molar-refractivity contribution >= 4 is 5.91 Å². The number of nitrogens with one attached hydrogen (secondary N) is 1. The summed E-state index contributed by atoms with van der Waals surface area (Å²) in [5.41, 5.74) is 6.74. The Labute approximate surface area is 122 Å². The van der Waals surface area contributed by atoms with Gasteiger partial charge in [-0.2, -0.15) is 0 Å². The summed E-state index contributed by atoms with van der Waals surface area (Å²) in [6, 6.07) is 0.0397. The highest BCUT2D eigenvalue weighted by atomic mass is 16.5. The van der Waals surface area contributed by atoms with E-state index in [0.29, 0.717) is 32.7 Å². The molecule has 0 bridgehead atoms. The molecule has 5 heteroatoms. The highest BCUT2D eigenvalue weighted by molar-refractivity contribution is 5.76. The molecule has 1 aliphatic rings. The predicted molar refractivity (Wildman–Crippen MR) is 81.5 cm³/mol. The monoisotopic (exact) mass is 283 g/mol. The molecular formula is C15H29N3O2. The van der Waals surface area contributed by atoms with Gasteiger partial charge in [-0.25, -0.2) is 0 Å². The molecule has 5 nitrogen and oxygen atoms in total. The highest BCUT2D eigenvalue weighted by Gasteiger charge is 2.19. The van der Waals surface area contributed by atoms with Crippen LogP contribution in [-0.4, -0.2) is 56.2 Å². The van der Waals surface area contributed by atoms with Crippen molar-refractivity contribution in [1.82, 2.24) is 10.2 Å². The topological polar surface area (TPSA) is 67.6 Å². The molecule has 0 radical (unpaired) electrons. The van der Waals surface area contributed by atoms with Gasteiger partial charge in [-0.05, 0) is 26.2 Å². The van der Waals surface area contributed by atoms with Crippen LogP contribution < -0.4 is 11.1 Å². The van der Waals surface area contributed by atoms with E-state index in [-0.39, 0.29) is 11.9 Å². The third kappa shape index (κ3) is 7.03. The Morgan fingerprint density at radius 2 is 2.10 bits per heavy atom. The van der Waals surface area contributed by atoms with Crippen molar-refractivity contribution in [3.8, 4) is 0 Å². The van der Waals surface area contributed by atoms with Crippen LogP contribution in [0, 0.1) is 0 Å². The summed E-state index contributed by atoms with van der Waals surface area (Å²) in [6.07, 6.45) is 3.97. The van der Waals surface area contributed by atoms with Gasteiger partial charge in [-0.3, -0.25) is 4.79 Å². The van der Waals surface area contributed by atoms with Crippen LogP contribution in [0.4, 0.5) is 0 Å². The van der Waals surface area contributed by atoms with E-state index in [9.17, 15) is 4.79 Å². The van der Waals surface area contributed by atoms with Crippen LogP contribution in [0.15, 0.2) is 12.2 Å². The van der Waals surface area contributed by atoms with E-state index in [2.05, 4.69) is 11.9 Å². The lowest BCUT2D eigenvalue weighted by Crippen LogP contribution is -2.44. The average molecular weight is 283 g/mol. The zero-order valence-electron chi connectivity index (χ0n) is 12.7. The molecule has 0 aromatic heterocycles. The molecule has 1 saturated heterocycles. The van der Waals surface area contributed by atoms with Crippen molar-refractivity contribution in [3.05, 3.63) is 12.2 Å². The van der Waals surface area contributed by atoms with Crippen molar-refractivity contribution in [3.63, 3.8) is 0 Å². The Kier molecular flexibility index (Phi) is 8.49. The molecule has 1 heterocycles. The number of likely N-dealkylation sites (tertiary alicyclic amines) is 1. The lowest BCUT2D eigenvalue weighted by Gasteiger charge is -2.28. The Hall–Kier alpha value is -0.910. The fraction of sp³-hybridized carbons (Fsp3) is 0.800. The Bertz CT molecular complexity index is 301. The van der Waals surface area contributed by atoms with E-state index in [1.54, 1.807) is 0 Å². The third-order valence-corrected chi connectivity index (χ3v) is 3.44. The first-order chi connectivity index (χ1) is 9.63. The maximum Gasteiger partial charge on any atom is 0.224 e. The van der Waals surface area contributed by atoms with Crippen molar-refractivity contribution in [2.24, 2.45) is 5.73 Å². The van der Waals surface area contributed by atoms with Crippen LogP contribution in [0.25, 0.3) is 0 Å². The van der Waals surface area contributed by atoms with E-state index in [1.807, 2.05) is 11.8 Å². The van der Waals surface area contributed by atoms with Gasteiger partial charge in [0, 0.05) is 38.6 Å². The molecule has 1 unspecified atom stereocenters. The van der Waals surface area contributed by atoms with Gasteiger partial charge >= 0.3 is 0 Å². The fourth-order valence-electron chi connectivity index (χ4n) is 2.30. The average Bonchev–Trinajstić information content (AvgIpc) is 2.46. The summed E-state index contributed by atoms with van der Waals surface area (Å²) in [6.45, 7) is 9.90. The number of rotatable bonds is 9. The number of piperidine rings is 1. The zero-order chi connectivity index (χ0) is 14.8. The number of carbonyl (C=O) groups excluding carboxylic acids is 1. The van der Waals surface area contributed by atoms with Crippen LogP contribution in [0.2, 0.25) is 0 Å². The molecule has 1 atom stereocenters. The van der Waals surface area contributed by atoms with E-state index in [0.717, 1.165) is 31.5 Å². The molecular weight excluding hydrogens is 254 g/mol. The second-order valence-corrected chi connectivity index (χ2v) is 5.54. The van der Waals surface area contributed by atoms with Gasteiger partial charge in [0.2, 0.25) is 5.91 Å². The van der Waals surface area contributed by atoms with Gasteiger partial charge in [-0.15, -0.1) is 0 Å². The predicted octanol–water partition coefficient (Wildman–Crippen LogP) is 0.899. The Morgan fingerprint density at radius 3 is 2.70 bits per heavy atom. The lowest BCUT2D eigenvalue weighted by molar-refractivity contribution is -0.132. The molecule has 1 aliphatic heterocycles. The number of ether oxygens (including phenoxy) is 1. The van der Waals surface area contributed by atoms with Gasteiger partial charge in [0.05, 0.1) is 13.2 Å². The number of amides is 1. The summed E-state index contributed by atoms with van der Waals surface area (Å²) in [4.78, 5) is 14.1. The quantitative estimate of drug-likeness (QED) is 0.487. The molecule has 1 rings (SSSR count). The molecule has 0 aromatic carbocycles. The summed E-state index contributed by atoms with van der Waals surface area (Å²) >= 11 is 0. The summed E-state index contributed by atoms with van der Waals surface area (Å²) in [5.74, 6) is 0.218. The molecule has 0 spiro atoms. The van der Waals surface area contributed by atoms with E-state index in [1.165, 1.54) is 6.42 Å². The molecule has 0 aliphatic carbocycles. The van der Waals surface area contributed by atoms with E-state index >= 15 is 0 Å². The normalized spacial score (nSPS) is 17.0. The van der Waals surface area contributed by atoms with Crippen LogP contribution in [0.1, 0.15) is 32.6 Å². The fourth-order valence-corrected chi connectivity index (χ4v) is 2.30. The molecule has 0 aromatic rings. The van der Waals surface area contributed by atoms with E-state index < -0.39 is 0 Å². The number of nitrogens with two attached hydrogens (primary N) is 1. The summed E-state index contributed by atoms with van der Waals surface area (Å²) in [5, 5.41) is 3.29. The highest BCUT2D eigenvalue weighted by Crippen LogP contribution is 2.10. The lowest BCUT2D eigenvalue weighted by atomic mass is 10.1. The van der Waals surface area contributed by atoms with Crippen molar-refractivity contribution in [1.29, 1.82) is 0 Å². The minimum Gasteiger partial charge on any atom is -0.376 e. The third-order valence-electron chi connectivity index (χ3n) is 3.44. The SMILES string of the molecule is C=C(C)COCCNC(CN)CC(=O)N1CCCCC1. The zero-order valence-corrected chi connectivity index (χ0v) is 12.7. The van der Waals surface area contributed by atoms with Gasteiger partial charge in [0.1, 0.15) is 0 Å². The van der Waals surface area contributed by atoms with E-state index in [4.69, 9.17) is 10.5 Å². The number of hydrogen-bond donors (Lipinski definition) is 2. The second-order valence-electron chi connectivity index (χ2n) is 5.54. The molecule has 20 heavy (non-hydrogen) atoms.